The summed E-state index contributed by atoms with van der Waals surface area (Å²) in [5.41, 5.74) is -0.667. The van der Waals surface area contributed by atoms with Crippen molar-refractivity contribution in [2.45, 2.75) is 13.3 Å². The number of carbonyl (C=O) groups excluding carboxylic acids is 1. The first-order chi connectivity index (χ1) is 7.55. The van der Waals surface area contributed by atoms with Gasteiger partial charge >= 0.3 is 5.97 Å². The van der Waals surface area contributed by atoms with Gasteiger partial charge in [0, 0.05) is 11.5 Å². The number of hydrogen-bond acceptors (Lipinski definition) is 6. The zero-order valence-electron chi connectivity index (χ0n) is 9.22. The van der Waals surface area contributed by atoms with Crippen LogP contribution in [0.15, 0.2) is 12.7 Å². The van der Waals surface area contributed by atoms with Gasteiger partial charge in [-0.25, -0.2) is 4.79 Å². The normalized spacial score (nSPS) is 9.44. The van der Waals surface area contributed by atoms with Gasteiger partial charge in [0.15, 0.2) is 0 Å². The molecule has 0 atom stereocenters. The maximum Gasteiger partial charge on any atom is 0.345 e. The van der Waals surface area contributed by atoms with Gasteiger partial charge in [-0.15, -0.1) is 5.26 Å². The average Bonchev–Trinajstić information content (AvgIpc) is 2.34. The summed E-state index contributed by atoms with van der Waals surface area (Å²) in [5.74, 6) is -0.720. The molecule has 0 aromatic carbocycles. The molecule has 0 heterocycles. The van der Waals surface area contributed by atoms with E-state index in [2.05, 4.69) is 11.3 Å². The topological polar surface area (TPSA) is 111 Å². The molecule has 0 rings (SSSR count). The summed E-state index contributed by atoms with van der Waals surface area (Å²) in [6.45, 7) is 4.41. The zero-order valence-corrected chi connectivity index (χ0v) is 9.22. The number of nitriles is 1. The second-order valence-electron chi connectivity index (χ2n) is 3.04. The SMILES string of the molecule is C=CC(=O)OC#N.CCC(CO)(CO)CO. The molecule has 0 bridgehead atoms. The molecule has 0 spiro atoms. The van der Waals surface area contributed by atoms with Crippen molar-refractivity contribution in [3.05, 3.63) is 12.7 Å². The lowest BCUT2D eigenvalue weighted by molar-refractivity contribution is -0.131. The molecule has 0 radical (unpaired) electrons. The van der Waals surface area contributed by atoms with Gasteiger partial charge in [0.25, 0.3) is 6.26 Å². The van der Waals surface area contributed by atoms with E-state index in [1.165, 1.54) is 6.26 Å². The summed E-state index contributed by atoms with van der Waals surface area (Å²) in [6.07, 6.45) is 2.71. The van der Waals surface area contributed by atoms with Crippen LogP contribution in [0.1, 0.15) is 13.3 Å². The van der Waals surface area contributed by atoms with E-state index in [4.69, 9.17) is 20.6 Å². The van der Waals surface area contributed by atoms with Crippen LogP contribution >= 0.6 is 0 Å². The van der Waals surface area contributed by atoms with Crippen molar-refractivity contribution in [3.8, 4) is 6.26 Å². The summed E-state index contributed by atoms with van der Waals surface area (Å²) >= 11 is 0. The molecule has 6 nitrogen and oxygen atoms in total. The molecule has 0 amide bonds. The van der Waals surface area contributed by atoms with Crippen molar-refractivity contribution in [1.29, 1.82) is 5.26 Å². The van der Waals surface area contributed by atoms with Gasteiger partial charge in [-0.1, -0.05) is 13.5 Å². The molecule has 0 aliphatic carbocycles. The molecule has 0 aliphatic heterocycles. The van der Waals surface area contributed by atoms with Crippen molar-refractivity contribution in [2.75, 3.05) is 19.8 Å². The molecule has 0 saturated heterocycles. The quantitative estimate of drug-likeness (QED) is 0.336. The Hall–Kier alpha value is -1.42. The number of esters is 1. The lowest BCUT2D eigenvalue weighted by atomic mass is 9.88. The molecule has 3 N–H and O–H groups in total. The highest BCUT2D eigenvalue weighted by Gasteiger charge is 2.24. The van der Waals surface area contributed by atoms with E-state index in [0.717, 1.165) is 6.08 Å². The first-order valence-electron chi connectivity index (χ1n) is 4.60. The molecule has 16 heavy (non-hydrogen) atoms. The van der Waals surface area contributed by atoms with Crippen LogP contribution in [-0.4, -0.2) is 41.1 Å². The van der Waals surface area contributed by atoms with Crippen molar-refractivity contribution in [3.63, 3.8) is 0 Å². The predicted molar refractivity (Wildman–Crippen MR) is 55.9 cm³/mol. The predicted octanol–water partition coefficient (Wildman–Crippen LogP) is -0.444. The fraction of sp³-hybridized carbons (Fsp3) is 0.600. The Morgan fingerprint density at radius 2 is 1.88 bits per heavy atom. The smallest absolute Gasteiger partial charge is 0.345 e. The van der Waals surface area contributed by atoms with Gasteiger partial charge in [-0.3, -0.25) is 0 Å². The Morgan fingerprint density at radius 3 is 1.94 bits per heavy atom. The number of carbonyl (C=O) groups is 1. The van der Waals surface area contributed by atoms with E-state index < -0.39 is 11.4 Å². The van der Waals surface area contributed by atoms with Gasteiger partial charge in [0.1, 0.15) is 0 Å². The van der Waals surface area contributed by atoms with E-state index in [9.17, 15) is 4.79 Å². The van der Waals surface area contributed by atoms with Crippen LogP contribution in [0.4, 0.5) is 0 Å². The third-order valence-electron chi connectivity index (χ3n) is 2.07. The molecular weight excluding hydrogens is 214 g/mol. The third kappa shape index (κ3) is 6.95. The first kappa shape index (κ1) is 17.0. The third-order valence-corrected chi connectivity index (χ3v) is 2.07. The number of nitrogens with zero attached hydrogens (tertiary/aromatic N) is 1. The Labute approximate surface area is 94.4 Å². The van der Waals surface area contributed by atoms with Crippen LogP contribution < -0.4 is 0 Å². The highest BCUT2D eigenvalue weighted by atomic mass is 16.5. The summed E-state index contributed by atoms with van der Waals surface area (Å²) in [5, 5.41) is 33.6. The standard InChI is InChI=1S/C6H14O3.C4H3NO2/c1-2-6(3-7,4-8)5-9;1-2-4(6)7-3-5/h7-9H,2-5H2,1H3;2H,1H2. The number of aliphatic hydroxyl groups is 3. The van der Waals surface area contributed by atoms with Crippen LogP contribution in [0.25, 0.3) is 0 Å². The molecule has 0 saturated carbocycles. The van der Waals surface area contributed by atoms with Gasteiger partial charge in [-0.2, -0.15) is 0 Å². The Kier molecular flexibility index (Phi) is 10.7. The van der Waals surface area contributed by atoms with E-state index >= 15 is 0 Å². The summed E-state index contributed by atoms with van der Waals surface area (Å²) in [4.78, 5) is 9.85. The first-order valence-corrected chi connectivity index (χ1v) is 4.60. The molecule has 0 aromatic heterocycles. The van der Waals surface area contributed by atoms with E-state index in [1.807, 2.05) is 6.92 Å². The minimum atomic E-state index is -0.720. The lowest BCUT2D eigenvalue weighted by Gasteiger charge is -2.24. The van der Waals surface area contributed by atoms with Crippen molar-refractivity contribution in [1.82, 2.24) is 0 Å². The summed E-state index contributed by atoms with van der Waals surface area (Å²) < 4.78 is 3.74. The molecule has 6 heteroatoms. The largest absolute Gasteiger partial charge is 0.396 e. The lowest BCUT2D eigenvalue weighted by Crippen LogP contribution is -2.32. The van der Waals surface area contributed by atoms with Crippen molar-refractivity contribution < 1.29 is 24.9 Å². The van der Waals surface area contributed by atoms with Gasteiger partial charge in [0.2, 0.25) is 0 Å². The molecule has 0 aromatic rings. The summed E-state index contributed by atoms with van der Waals surface area (Å²) in [6, 6.07) is 0. The monoisotopic (exact) mass is 231 g/mol. The van der Waals surface area contributed by atoms with Crippen LogP contribution in [0, 0.1) is 16.9 Å². The van der Waals surface area contributed by atoms with E-state index in [0.29, 0.717) is 6.42 Å². The van der Waals surface area contributed by atoms with Gasteiger partial charge < -0.3 is 20.1 Å². The van der Waals surface area contributed by atoms with Gasteiger partial charge in [0.05, 0.1) is 19.8 Å². The van der Waals surface area contributed by atoms with Crippen molar-refractivity contribution >= 4 is 5.97 Å². The van der Waals surface area contributed by atoms with E-state index in [-0.39, 0.29) is 19.8 Å². The van der Waals surface area contributed by atoms with Gasteiger partial charge in [-0.05, 0) is 6.42 Å². The number of ether oxygens (including phenoxy) is 1. The Bertz CT molecular complexity index is 225. The summed E-state index contributed by atoms with van der Waals surface area (Å²) in [7, 11) is 0. The minimum Gasteiger partial charge on any atom is -0.396 e. The number of aliphatic hydroxyl groups excluding tert-OH is 3. The highest BCUT2D eigenvalue weighted by Crippen LogP contribution is 2.18. The molecule has 0 fully saturated rings. The fourth-order valence-corrected chi connectivity index (χ4v) is 0.572. The maximum absolute atomic E-state index is 9.85. The van der Waals surface area contributed by atoms with Crippen LogP contribution in [0.5, 0.6) is 0 Å². The van der Waals surface area contributed by atoms with Crippen LogP contribution in [0.2, 0.25) is 0 Å². The van der Waals surface area contributed by atoms with Crippen LogP contribution in [0.3, 0.4) is 0 Å². The second kappa shape index (κ2) is 10.1. The Balaban J connectivity index is 0. The molecular formula is C10H17NO5. The van der Waals surface area contributed by atoms with Crippen molar-refractivity contribution in [2.24, 2.45) is 5.41 Å². The number of hydrogen-bond donors (Lipinski definition) is 3. The second-order valence-corrected chi connectivity index (χ2v) is 3.04. The molecule has 92 valence electrons. The molecule has 0 unspecified atom stereocenters. The maximum atomic E-state index is 9.85. The fourth-order valence-electron chi connectivity index (χ4n) is 0.572. The van der Waals surface area contributed by atoms with E-state index in [1.54, 1.807) is 0 Å². The average molecular weight is 231 g/mol. The molecule has 0 aliphatic rings. The van der Waals surface area contributed by atoms with Crippen LogP contribution in [-0.2, 0) is 9.53 Å². The zero-order chi connectivity index (χ0) is 13.0. The minimum absolute atomic E-state index is 0.156. The highest BCUT2D eigenvalue weighted by molar-refractivity contribution is 5.81. The Morgan fingerprint density at radius 1 is 1.44 bits per heavy atom. The number of rotatable bonds is 5.